The second kappa shape index (κ2) is 7.29. The van der Waals surface area contributed by atoms with Gasteiger partial charge >= 0.3 is 0 Å². The van der Waals surface area contributed by atoms with E-state index in [4.69, 9.17) is 4.74 Å². The van der Waals surface area contributed by atoms with Crippen LogP contribution in [0, 0.1) is 0 Å². The Bertz CT molecular complexity index is 64.3. The number of unbranched alkanes of at least 4 members (excludes halogenated alkanes) is 1. The minimum Gasteiger partial charge on any atom is -0.382 e. The molecule has 0 rings (SSSR count). The van der Waals surface area contributed by atoms with Crippen LogP contribution < -0.4 is 0 Å². The van der Waals surface area contributed by atoms with E-state index in [1.165, 1.54) is 18.9 Å². The first-order valence-corrected chi connectivity index (χ1v) is 6.85. The van der Waals surface area contributed by atoms with Crippen LogP contribution in [0.1, 0.15) is 19.8 Å². The maximum absolute atomic E-state index is 5.41. The smallest absolute Gasteiger partial charge is 0.0465 e. The minimum atomic E-state index is -0.0467. The Morgan fingerprint density at radius 3 is 2.40 bits per heavy atom. The molecule has 0 heterocycles. The molecule has 0 aliphatic heterocycles. The number of rotatable bonds is 6. The van der Waals surface area contributed by atoms with E-state index in [-0.39, 0.29) is 8.80 Å². The van der Waals surface area contributed by atoms with Gasteiger partial charge in [-0.1, -0.05) is 26.4 Å². The molecule has 0 spiro atoms. The van der Waals surface area contributed by atoms with E-state index in [0.29, 0.717) is 0 Å². The number of ether oxygens (including phenoxy) is 1. The molecule has 0 bridgehead atoms. The van der Waals surface area contributed by atoms with Crippen LogP contribution in [0.25, 0.3) is 0 Å². The van der Waals surface area contributed by atoms with Gasteiger partial charge in [0, 0.05) is 22.0 Å². The van der Waals surface area contributed by atoms with Crippen molar-refractivity contribution in [1.29, 1.82) is 0 Å². The van der Waals surface area contributed by atoms with Crippen molar-refractivity contribution in [3.63, 3.8) is 0 Å². The van der Waals surface area contributed by atoms with Crippen molar-refractivity contribution in [2.45, 2.75) is 38.9 Å². The summed E-state index contributed by atoms with van der Waals surface area (Å²) in [5.74, 6) is 0. The van der Waals surface area contributed by atoms with Crippen LogP contribution in [-0.2, 0) is 4.74 Å². The van der Waals surface area contributed by atoms with Crippen LogP contribution in [0.15, 0.2) is 0 Å². The zero-order valence-electron chi connectivity index (χ0n) is 7.44. The maximum atomic E-state index is 5.41. The number of hydrogen-bond acceptors (Lipinski definition) is 1. The average molecular weight is 159 g/mol. The Labute approximate surface area is 66.4 Å². The van der Waals surface area contributed by atoms with Crippen molar-refractivity contribution < 1.29 is 4.74 Å². The van der Waals surface area contributed by atoms with Crippen molar-refractivity contribution in [1.82, 2.24) is 0 Å². The van der Waals surface area contributed by atoms with Gasteiger partial charge in [0.1, 0.15) is 0 Å². The molecule has 0 saturated carbocycles. The van der Waals surface area contributed by atoms with E-state index in [1.807, 2.05) is 0 Å². The first-order chi connectivity index (χ1) is 4.77. The van der Waals surface area contributed by atoms with Gasteiger partial charge in [-0.2, -0.15) is 0 Å². The Hall–Kier alpha value is 0.177. The minimum absolute atomic E-state index is 0.0467. The molecular weight excluding hydrogens is 140 g/mol. The molecular formula is C8H19OSi. The van der Waals surface area contributed by atoms with E-state index in [0.717, 1.165) is 13.2 Å². The molecule has 61 valence electrons. The van der Waals surface area contributed by atoms with Crippen molar-refractivity contribution in [2.75, 3.05) is 13.2 Å². The fraction of sp³-hybridized carbons (Fsp3) is 1.00. The molecule has 1 nitrogen and oxygen atoms in total. The van der Waals surface area contributed by atoms with Gasteiger partial charge in [0.05, 0.1) is 0 Å². The largest absolute Gasteiger partial charge is 0.382 e. The van der Waals surface area contributed by atoms with Gasteiger partial charge < -0.3 is 4.74 Å². The fourth-order valence-corrected chi connectivity index (χ4v) is 1.18. The second-order valence-electron chi connectivity index (χ2n) is 2.92. The Morgan fingerprint density at radius 1 is 1.20 bits per heavy atom. The molecule has 2 heteroatoms. The number of hydrogen-bond donors (Lipinski definition) is 0. The quantitative estimate of drug-likeness (QED) is 0.427. The highest BCUT2D eigenvalue weighted by molar-refractivity contribution is 6.55. The van der Waals surface area contributed by atoms with Crippen LogP contribution in [-0.4, -0.2) is 22.0 Å². The third-order valence-electron chi connectivity index (χ3n) is 1.39. The van der Waals surface area contributed by atoms with Crippen molar-refractivity contribution in [2.24, 2.45) is 0 Å². The lowest BCUT2D eigenvalue weighted by molar-refractivity contribution is 0.144. The molecule has 0 aromatic heterocycles. The summed E-state index contributed by atoms with van der Waals surface area (Å²) in [6, 6.07) is 1.30. The molecule has 0 aromatic rings. The topological polar surface area (TPSA) is 9.23 Å². The van der Waals surface area contributed by atoms with E-state index >= 15 is 0 Å². The summed E-state index contributed by atoms with van der Waals surface area (Å²) < 4.78 is 5.41. The lowest BCUT2D eigenvalue weighted by atomic mass is 10.4. The Morgan fingerprint density at radius 2 is 1.90 bits per heavy atom. The standard InChI is InChI=1S/C8H19OSi/c1-4-5-6-9-7-8-10(2)3/h4-8H2,1-3H3. The normalized spacial score (nSPS) is 10.8. The fourth-order valence-electron chi connectivity index (χ4n) is 0.625. The highest BCUT2D eigenvalue weighted by Crippen LogP contribution is 1.93. The van der Waals surface area contributed by atoms with E-state index < -0.39 is 0 Å². The van der Waals surface area contributed by atoms with Gasteiger partial charge in [0.2, 0.25) is 0 Å². The molecule has 0 amide bonds. The van der Waals surface area contributed by atoms with E-state index in [2.05, 4.69) is 20.0 Å². The first-order valence-electron chi connectivity index (χ1n) is 4.14. The second-order valence-corrected chi connectivity index (χ2v) is 5.84. The van der Waals surface area contributed by atoms with Gasteiger partial charge in [0.25, 0.3) is 0 Å². The van der Waals surface area contributed by atoms with Crippen molar-refractivity contribution in [3.05, 3.63) is 0 Å². The lowest BCUT2D eigenvalue weighted by Crippen LogP contribution is -2.05. The zero-order valence-corrected chi connectivity index (χ0v) is 8.44. The molecule has 0 aliphatic rings. The SMILES string of the molecule is CCCCOCC[Si](C)C. The highest BCUT2D eigenvalue weighted by Gasteiger charge is 1.94. The summed E-state index contributed by atoms with van der Waals surface area (Å²) in [5, 5.41) is 0. The van der Waals surface area contributed by atoms with Gasteiger partial charge in [-0.3, -0.25) is 0 Å². The summed E-state index contributed by atoms with van der Waals surface area (Å²) in [5.41, 5.74) is 0. The molecule has 0 unspecified atom stereocenters. The molecule has 0 aromatic carbocycles. The van der Waals surface area contributed by atoms with Crippen molar-refractivity contribution >= 4 is 8.80 Å². The summed E-state index contributed by atoms with van der Waals surface area (Å²) in [7, 11) is -0.0467. The first kappa shape index (κ1) is 10.2. The average Bonchev–Trinajstić information content (AvgIpc) is 1.87. The molecule has 1 radical (unpaired) electrons. The molecule has 10 heavy (non-hydrogen) atoms. The maximum Gasteiger partial charge on any atom is 0.0465 e. The van der Waals surface area contributed by atoms with Crippen LogP contribution >= 0.6 is 0 Å². The Kier molecular flexibility index (Phi) is 7.41. The summed E-state index contributed by atoms with van der Waals surface area (Å²) in [6.07, 6.45) is 2.46. The molecule has 0 N–H and O–H groups in total. The molecule has 0 saturated heterocycles. The van der Waals surface area contributed by atoms with Crippen LogP contribution in [0.4, 0.5) is 0 Å². The third-order valence-corrected chi connectivity index (χ3v) is 2.59. The van der Waals surface area contributed by atoms with Crippen molar-refractivity contribution in [3.8, 4) is 0 Å². The van der Waals surface area contributed by atoms with Crippen LogP contribution in [0.2, 0.25) is 19.1 Å². The summed E-state index contributed by atoms with van der Waals surface area (Å²) in [4.78, 5) is 0. The van der Waals surface area contributed by atoms with Crippen LogP contribution in [0.3, 0.4) is 0 Å². The van der Waals surface area contributed by atoms with Gasteiger partial charge in [0.15, 0.2) is 0 Å². The highest BCUT2D eigenvalue weighted by atomic mass is 28.3. The molecule has 0 aliphatic carbocycles. The lowest BCUT2D eigenvalue weighted by Gasteiger charge is -2.03. The predicted octanol–water partition coefficient (Wildman–Crippen LogP) is 2.56. The Balaban J connectivity index is 2.77. The third kappa shape index (κ3) is 8.18. The van der Waals surface area contributed by atoms with E-state index in [1.54, 1.807) is 0 Å². The van der Waals surface area contributed by atoms with Gasteiger partial charge in [-0.05, 0) is 12.5 Å². The van der Waals surface area contributed by atoms with Gasteiger partial charge in [-0.15, -0.1) is 0 Å². The van der Waals surface area contributed by atoms with Crippen LogP contribution in [0.5, 0.6) is 0 Å². The van der Waals surface area contributed by atoms with E-state index in [9.17, 15) is 0 Å². The summed E-state index contributed by atoms with van der Waals surface area (Å²) in [6.45, 7) is 8.80. The zero-order chi connectivity index (χ0) is 7.82. The molecule has 0 atom stereocenters. The monoisotopic (exact) mass is 159 g/mol. The molecule has 0 fully saturated rings. The summed E-state index contributed by atoms with van der Waals surface area (Å²) >= 11 is 0. The van der Waals surface area contributed by atoms with Gasteiger partial charge in [-0.25, -0.2) is 0 Å². The predicted molar refractivity (Wildman–Crippen MR) is 48.0 cm³/mol.